The fraction of sp³-hybridized carbons (Fsp3) is 0.929. The third-order valence-electron chi connectivity index (χ3n) is 2.95. The molecule has 6 nitrogen and oxygen atoms in total. The molecule has 0 bridgehead atoms. The van der Waals surface area contributed by atoms with Crippen molar-refractivity contribution < 1.29 is 19.6 Å². The predicted molar refractivity (Wildman–Crippen MR) is 77.8 cm³/mol. The zero-order valence-electron chi connectivity index (χ0n) is 12.7. The first kappa shape index (κ1) is 19.1. The van der Waals surface area contributed by atoms with Gasteiger partial charge in [0, 0.05) is 0 Å². The molecule has 3 N–H and O–H groups in total. The summed E-state index contributed by atoms with van der Waals surface area (Å²) in [4.78, 5) is 18.7. The van der Waals surface area contributed by atoms with E-state index in [2.05, 4.69) is 32.8 Å². The number of nitrogens with two attached hydrogens (primary N) is 1. The van der Waals surface area contributed by atoms with Gasteiger partial charge in [-0.3, -0.25) is 0 Å². The number of hydrogen-bond acceptors (Lipinski definition) is 5. The van der Waals surface area contributed by atoms with Crippen LogP contribution in [0.15, 0.2) is 0 Å². The van der Waals surface area contributed by atoms with E-state index in [1.807, 2.05) is 0 Å². The number of hydrogen-bond donors (Lipinski definition) is 2. The lowest BCUT2D eigenvalue weighted by Gasteiger charge is -2.04. The van der Waals surface area contributed by atoms with Crippen LogP contribution >= 0.6 is 0 Å². The van der Waals surface area contributed by atoms with Gasteiger partial charge in [-0.15, -0.1) is 0 Å². The largest absolute Gasteiger partial charge is 0.439 e. The van der Waals surface area contributed by atoms with Gasteiger partial charge in [0.2, 0.25) is 0 Å². The Labute approximate surface area is 122 Å². The molecule has 0 aromatic heterocycles. The summed E-state index contributed by atoms with van der Waals surface area (Å²) in [6.45, 7) is 4.91. The van der Waals surface area contributed by atoms with Crippen molar-refractivity contribution in [1.29, 1.82) is 0 Å². The van der Waals surface area contributed by atoms with E-state index in [9.17, 15) is 4.79 Å². The standard InChI is InChI=1S/C14H30N2O4/c1-2-3-8-11-16-12-9-6-4-5-7-10-13-18-20-19-14(15)17/h16H,2-13H2,1H3,(H2,15,17). The molecule has 0 saturated carbocycles. The number of nitrogens with one attached hydrogen (secondary N) is 1. The molecular weight excluding hydrogens is 260 g/mol. The molecule has 1 amide bonds. The molecule has 0 spiro atoms. The first-order valence-corrected chi connectivity index (χ1v) is 7.73. The number of rotatable bonds is 15. The highest BCUT2D eigenvalue weighted by molar-refractivity contribution is 5.63. The molecule has 0 saturated heterocycles. The van der Waals surface area contributed by atoms with Crippen molar-refractivity contribution >= 4 is 6.09 Å². The maximum absolute atomic E-state index is 10.1. The average Bonchev–Trinajstić information content (AvgIpc) is 2.43. The second-order valence-electron chi connectivity index (χ2n) is 4.87. The fourth-order valence-corrected chi connectivity index (χ4v) is 1.83. The van der Waals surface area contributed by atoms with Crippen LogP contribution in [0.5, 0.6) is 0 Å². The van der Waals surface area contributed by atoms with E-state index in [4.69, 9.17) is 0 Å². The Hall–Kier alpha value is -0.850. The molecule has 0 aromatic rings. The van der Waals surface area contributed by atoms with Crippen molar-refractivity contribution in [3.05, 3.63) is 0 Å². The summed E-state index contributed by atoms with van der Waals surface area (Å²) in [6, 6.07) is 0. The van der Waals surface area contributed by atoms with Crippen LogP contribution in [-0.2, 0) is 14.8 Å². The minimum Gasteiger partial charge on any atom is -0.333 e. The topological polar surface area (TPSA) is 82.8 Å². The van der Waals surface area contributed by atoms with E-state index in [0.717, 1.165) is 25.9 Å². The van der Waals surface area contributed by atoms with E-state index in [-0.39, 0.29) is 0 Å². The van der Waals surface area contributed by atoms with E-state index in [1.165, 1.54) is 44.9 Å². The normalized spacial score (nSPS) is 10.7. The van der Waals surface area contributed by atoms with Crippen molar-refractivity contribution in [3.63, 3.8) is 0 Å². The quantitative estimate of drug-likeness (QED) is 0.275. The lowest BCUT2D eigenvalue weighted by atomic mass is 10.1. The second-order valence-corrected chi connectivity index (χ2v) is 4.87. The Balaban J connectivity index is 2.94. The summed E-state index contributed by atoms with van der Waals surface area (Å²) >= 11 is 0. The Morgan fingerprint density at radius 1 is 0.950 bits per heavy atom. The Morgan fingerprint density at radius 2 is 1.55 bits per heavy atom. The molecule has 20 heavy (non-hydrogen) atoms. The number of amides is 1. The molecule has 0 fully saturated rings. The zero-order chi connectivity index (χ0) is 14.9. The highest BCUT2D eigenvalue weighted by Gasteiger charge is 1.96. The molecule has 6 heteroatoms. The van der Waals surface area contributed by atoms with Gasteiger partial charge in [0.1, 0.15) is 0 Å². The molecule has 0 atom stereocenters. The van der Waals surface area contributed by atoms with Gasteiger partial charge in [0.25, 0.3) is 0 Å². The summed E-state index contributed by atoms with van der Waals surface area (Å²) in [7, 11) is 0. The third kappa shape index (κ3) is 17.2. The highest BCUT2D eigenvalue weighted by Crippen LogP contribution is 2.05. The van der Waals surface area contributed by atoms with Gasteiger partial charge in [-0.1, -0.05) is 45.4 Å². The van der Waals surface area contributed by atoms with E-state index in [1.54, 1.807) is 0 Å². The van der Waals surface area contributed by atoms with Gasteiger partial charge in [-0.2, -0.15) is 4.89 Å². The minimum absolute atomic E-state index is 0.409. The maximum atomic E-state index is 10.1. The third-order valence-corrected chi connectivity index (χ3v) is 2.95. The molecule has 0 rings (SSSR count). The van der Waals surface area contributed by atoms with E-state index >= 15 is 0 Å². The van der Waals surface area contributed by atoms with Gasteiger partial charge < -0.3 is 11.1 Å². The molecule has 0 radical (unpaired) electrons. The van der Waals surface area contributed by atoms with Gasteiger partial charge in [0.05, 0.1) is 6.61 Å². The molecule has 0 aliphatic carbocycles. The minimum atomic E-state index is -1.01. The summed E-state index contributed by atoms with van der Waals surface area (Å²) in [5.41, 5.74) is 4.68. The van der Waals surface area contributed by atoms with Crippen LogP contribution in [0.1, 0.15) is 64.7 Å². The van der Waals surface area contributed by atoms with Crippen molar-refractivity contribution in [2.24, 2.45) is 5.73 Å². The molecular formula is C14H30N2O4. The number of primary amides is 1. The Morgan fingerprint density at radius 3 is 2.20 bits per heavy atom. The van der Waals surface area contributed by atoms with Crippen LogP contribution < -0.4 is 11.1 Å². The van der Waals surface area contributed by atoms with Crippen LogP contribution in [-0.4, -0.2) is 25.8 Å². The Kier molecular flexibility index (Phi) is 15.5. The summed E-state index contributed by atoms with van der Waals surface area (Å²) in [5.74, 6) is 0. The van der Waals surface area contributed by atoms with Gasteiger partial charge >= 0.3 is 6.09 Å². The maximum Gasteiger partial charge on any atom is 0.439 e. The second kappa shape index (κ2) is 16.2. The van der Waals surface area contributed by atoms with Crippen LogP contribution in [0.2, 0.25) is 0 Å². The smallest absolute Gasteiger partial charge is 0.333 e. The summed E-state index contributed by atoms with van der Waals surface area (Å²) < 4.78 is 0. The number of carbonyl (C=O) groups is 1. The zero-order valence-corrected chi connectivity index (χ0v) is 12.7. The van der Waals surface area contributed by atoms with Crippen LogP contribution in [0.25, 0.3) is 0 Å². The number of unbranched alkanes of at least 4 members (excludes halogenated alkanes) is 7. The van der Waals surface area contributed by atoms with Crippen molar-refractivity contribution in [3.8, 4) is 0 Å². The first-order chi connectivity index (χ1) is 9.77. The fourth-order valence-electron chi connectivity index (χ4n) is 1.83. The molecule has 0 unspecified atom stereocenters. The molecule has 0 aromatic carbocycles. The van der Waals surface area contributed by atoms with Gasteiger partial charge in [-0.25, -0.2) is 9.68 Å². The highest BCUT2D eigenvalue weighted by atomic mass is 17.5. The summed E-state index contributed by atoms with van der Waals surface area (Å²) in [6.07, 6.45) is 9.81. The lowest BCUT2D eigenvalue weighted by molar-refractivity contribution is -0.480. The van der Waals surface area contributed by atoms with Crippen molar-refractivity contribution in [2.75, 3.05) is 19.7 Å². The van der Waals surface area contributed by atoms with E-state index in [0.29, 0.717) is 6.61 Å². The van der Waals surface area contributed by atoms with E-state index < -0.39 is 6.09 Å². The predicted octanol–water partition coefficient (Wildman–Crippen LogP) is 3.07. The molecule has 0 aliphatic rings. The van der Waals surface area contributed by atoms with Crippen LogP contribution in [0.4, 0.5) is 4.79 Å². The Bertz CT molecular complexity index is 215. The monoisotopic (exact) mass is 290 g/mol. The van der Waals surface area contributed by atoms with Gasteiger partial charge in [-0.05, 0) is 37.4 Å². The molecule has 120 valence electrons. The van der Waals surface area contributed by atoms with Crippen LogP contribution in [0.3, 0.4) is 0 Å². The molecule has 0 heterocycles. The number of carbonyl (C=O) groups excluding carboxylic acids is 1. The van der Waals surface area contributed by atoms with Gasteiger partial charge in [0.15, 0.2) is 0 Å². The molecule has 0 aliphatic heterocycles. The SMILES string of the molecule is CCCCCNCCCCCCCCOOOC(N)=O. The summed E-state index contributed by atoms with van der Waals surface area (Å²) in [5, 5.41) is 7.58. The average molecular weight is 290 g/mol. The van der Waals surface area contributed by atoms with Crippen LogP contribution in [0, 0.1) is 0 Å². The lowest BCUT2D eigenvalue weighted by Crippen LogP contribution is -2.16. The first-order valence-electron chi connectivity index (χ1n) is 7.73. The van der Waals surface area contributed by atoms with Crippen molar-refractivity contribution in [2.45, 2.75) is 64.7 Å². The van der Waals surface area contributed by atoms with Crippen molar-refractivity contribution in [1.82, 2.24) is 5.32 Å².